The Balaban J connectivity index is 2.40. The maximum atomic E-state index is 13.1. The van der Waals surface area contributed by atoms with E-state index in [-0.39, 0.29) is 17.5 Å². The van der Waals surface area contributed by atoms with Crippen molar-refractivity contribution in [3.63, 3.8) is 0 Å². The van der Waals surface area contributed by atoms with E-state index in [9.17, 15) is 9.59 Å². The Morgan fingerprint density at radius 2 is 1.62 bits per heavy atom. The quantitative estimate of drug-likeness (QED) is 0.335. The van der Waals surface area contributed by atoms with Crippen molar-refractivity contribution < 1.29 is 14.0 Å². The van der Waals surface area contributed by atoms with Crippen LogP contribution >= 0.6 is 22.6 Å². The number of rotatable bonds is 5. The van der Waals surface area contributed by atoms with Gasteiger partial charge in [-0.15, -0.1) is 0 Å². The number of hydrogen-bond acceptors (Lipinski definition) is 3. The lowest BCUT2D eigenvalue weighted by Gasteiger charge is -2.47. The molecule has 0 aromatic heterocycles. The van der Waals surface area contributed by atoms with Crippen molar-refractivity contribution in [3.05, 3.63) is 21.0 Å². The van der Waals surface area contributed by atoms with Gasteiger partial charge in [0, 0.05) is 23.3 Å². The van der Waals surface area contributed by atoms with Crippen LogP contribution in [0.3, 0.4) is 0 Å². The van der Waals surface area contributed by atoms with Crippen molar-refractivity contribution in [2.24, 2.45) is 11.3 Å². The monoisotopic (exact) mass is 488 g/mol. The molecule has 0 aliphatic heterocycles. The molecule has 26 heavy (non-hydrogen) atoms. The number of halogens is 1. The van der Waals surface area contributed by atoms with E-state index in [1.54, 1.807) is 6.92 Å². The molecule has 0 spiro atoms. The standard InChI is InChI=1S/C21H33IO3Si/c1-12(2)26(13(3)4,14(5)6)25-16-9-10-17-19(23)15(7)18(22)20(24)21(17,8)11-16/h9,12-14,17H,10-11H2,1-8H3/t17-,21-/m1/s1. The van der Waals surface area contributed by atoms with E-state index >= 15 is 0 Å². The topological polar surface area (TPSA) is 43.4 Å². The summed E-state index contributed by atoms with van der Waals surface area (Å²) < 4.78 is 7.45. The number of carbonyl (C=O) groups excluding carboxylic acids is 2. The van der Waals surface area contributed by atoms with Crippen LogP contribution in [-0.2, 0) is 14.0 Å². The number of fused-ring (bicyclic) bond motifs is 1. The van der Waals surface area contributed by atoms with Gasteiger partial charge in [0.15, 0.2) is 11.6 Å². The van der Waals surface area contributed by atoms with Gasteiger partial charge in [-0.1, -0.05) is 48.5 Å². The van der Waals surface area contributed by atoms with E-state index in [1.807, 2.05) is 29.5 Å². The minimum absolute atomic E-state index is 0.111. The molecule has 146 valence electrons. The Hall–Kier alpha value is -0.433. The van der Waals surface area contributed by atoms with Crippen molar-refractivity contribution in [1.82, 2.24) is 0 Å². The summed E-state index contributed by atoms with van der Waals surface area (Å²) in [5, 5.41) is 0. The summed E-state index contributed by atoms with van der Waals surface area (Å²) in [6.07, 6.45) is 3.25. The first-order valence-electron chi connectivity index (χ1n) is 9.73. The van der Waals surface area contributed by atoms with Crippen LogP contribution in [0.15, 0.2) is 21.0 Å². The summed E-state index contributed by atoms with van der Waals surface area (Å²) in [5.41, 5.74) is 1.42. The second-order valence-electron chi connectivity index (χ2n) is 9.11. The highest BCUT2D eigenvalue weighted by Gasteiger charge is 2.54. The molecule has 2 rings (SSSR count). The third-order valence-corrected chi connectivity index (χ3v) is 14.0. The fourth-order valence-electron chi connectivity index (χ4n) is 5.15. The highest BCUT2D eigenvalue weighted by molar-refractivity contribution is 14.1. The molecule has 2 atom stereocenters. The van der Waals surface area contributed by atoms with Gasteiger partial charge in [0.05, 0.1) is 9.34 Å². The normalized spacial score (nSPS) is 27.4. The zero-order valence-corrected chi connectivity index (χ0v) is 20.6. The first-order valence-corrected chi connectivity index (χ1v) is 12.9. The summed E-state index contributed by atoms with van der Waals surface area (Å²) in [5.74, 6) is 0.942. The third-order valence-electron chi connectivity index (χ3n) is 6.64. The van der Waals surface area contributed by atoms with Crippen LogP contribution in [0.1, 0.15) is 68.2 Å². The Bertz CT molecular complexity index is 653. The molecule has 2 aliphatic carbocycles. The summed E-state index contributed by atoms with van der Waals surface area (Å²) in [6, 6.07) is 0. The third kappa shape index (κ3) is 3.27. The second kappa shape index (κ2) is 7.53. The summed E-state index contributed by atoms with van der Waals surface area (Å²) in [7, 11) is -2.05. The molecule has 0 aromatic carbocycles. The lowest BCUT2D eigenvalue weighted by molar-refractivity contribution is -0.136. The summed E-state index contributed by atoms with van der Waals surface area (Å²) in [4.78, 5) is 25.8. The maximum absolute atomic E-state index is 13.1. The minimum Gasteiger partial charge on any atom is -0.546 e. The van der Waals surface area contributed by atoms with Gasteiger partial charge in [-0.2, -0.15) is 0 Å². The zero-order chi connectivity index (χ0) is 20.0. The molecule has 0 aromatic rings. The fourth-order valence-corrected chi connectivity index (χ4v) is 11.3. The van der Waals surface area contributed by atoms with Crippen LogP contribution in [0.25, 0.3) is 0 Å². The maximum Gasteiger partial charge on any atom is 0.258 e. The molecular weight excluding hydrogens is 455 g/mol. The van der Waals surface area contributed by atoms with Crippen molar-refractivity contribution in [2.75, 3.05) is 0 Å². The number of ketones is 2. The van der Waals surface area contributed by atoms with Crippen LogP contribution in [-0.4, -0.2) is 19.9 Å². The van der Waals surface area contributed by atoms with Gasteiger partial charge in [-0.3, -0.25) is 9.59 Å². The molecule has 0 radical (unpaired) electrons. The minimum atomic E-state index is -2.05. The predicted molar refractivity (Wildman–Crippen MR) is 118 cm³/mol. The molecule has 0 fully saturated rings. The average Bonchev–Trinajstić information content (AvgIpc) is 2.55. The lowest BCUT2D eigenvalue weighted by atomic mass is 9.61. The zero-order valence-electron chi connectivity index (χ0n) is 17.4. The van der Waals surface area contributed by atoms with Crippen LogP contribution in [0.4, 0.5) is 0 Å². The highest BCUT2D eigenvalue weighted by Crippen LogP contribution is 2.52. The van der Waals surface area contributed by atoms with Gasteiger partial charge >= 0.3 is 0 Å². The molecular formula is C21H33IO3Si. The molecule has 0 bridgehead atoms. The number of carbonyl (C=O) groups is 2. The first-order chi connectivity index (χ1) is 11.9. The smallest absolute Gasteiger partial charge is 0.258 e. The summed E-state index contributed by atoms with van der Waals surface area (Å²) >= 11 is 2.05. The Morgan fingerprint density at radius 3 is 2.08 bits per heavy atom. The van der Waals surface area contributed by atoms with Crippen molar-refractivity contribution in [2.45, 2.75) is 84.9 Å². The van der Waals surface area contributed by atoms with Gasteiger partial charge in [0.2, 0.25) is 0 Å². The Kier molecular flexibility index (Phi) is 6.33. The van der Waals surface area contributed by atoms with E-state index in [0.29, 0.717) is 38.6 Å². The fraction of sp³-hybridized carbons (Fsp3) is 0.714. The molecule has 0 saturated carbocycles. The number of allylic oxidation sites excluding steroid dienone is 4. The number of hydrogen-bond donors (Lipinski definition) is 0. The van der Waals surface area contributed by atoms with E-state index in [0.717, 1.165) is 5.76 Å². The van der Waals surface area contributed by atoms with E-state index in [4.69, 9.17) is 4.43 Å². The van der Waals surface area contributed by atoms with E-state index in [1.165, 1.54) is 0 Å². The average molecular weight is 488 g/mol. The summed E-state index contributed by atoms with van der Waals surface area (Å²) in [6.45, 7) is 17.4. The number of Topliss-reactive ketones (excluding diaryl/α,β-unsaturated/α-hetero) is 2. The first kappa shape index (κ1) is 21.9. The molecule has 0 heterocycles. The molecule has 0 amide bonds. The van der Waals surface area contributed by atoms with Gasteiger partial charge in [-0.25, -0.2) is 0 Å². The van der Waals surface area contributed by atoms with Gasteiger partial charge in [-0.05, 0) is 58.6 Å². The van der Waals surface area contributed by atoms with Crippen LogP contribution in [0.2, 0.25) is 16.6 Å². The van der Waals surface area contributed by atoms with Crippen LogP contribution in [0.5, 0.6) is 0 Å². The van der Waals surface area contributed by atoms with Gasteiger partial charge < -0.3 is 4.43 Å². The molecule has 0 unspecified atom stereocenters. The second-order valence-corrected chi connectivity index (χ2v) is 15.6. The SMILES string of the molecule is CC1=C(I)C(=O)[C@]2(C)CC(O[Si](C(C)C)(C(C)C)C(C)C)=CC[C@@H]2C1=O. The van der Waals surface area contributed by atoms with E-state index in [2.05, 4.69) is 47.6 Å². The Labute approximate surface area is 173 Å². The molecule has 3 nitrogen and oxygen atoms in total. The molecule has 5 heteroatoms. The van der Waals surface area contributed by atoms with Crippen molar-refractivity contribution in [1.29, 1.82) is 0 Å². The van der Waals surface area contributed by atoms with Gasteiger partial charge in [0.25, 0.3) is 8.32 Å². The van der Waals surface area contributed by atoms with Crippen LogP contribution in [0, 0.1) is 11.3 Å². The van der Waals surface area contributed by atoms with Crippen LogP contribution < -0.4 is 0 Å². The van der Waals surface area contributed by atoms with Gasteiger partial charge in [0.1, 0.15) is 0 Å². The molecule has 0 N–H and O–H groups in total. The predicted octanol–water partition coefficient (Wildman–Crippen LogP) is 6.34. The lowest BCUT2D eigenvalue weighted by Crippen LogP contribution is -2.50. The molecule has 2 aliphatic rings. The molecule has 0 saturated heterocycles. The van der Waals surface area contributed by atoms with Crippen molar-refractivity contribution in [3.8, 4) is 0 Å². The highest BCUT2D eigenvalue weighted by atomic mass is 127. The van der Waals surface area contributed by atoms with E-state index < -0.39 is 13.7 Å². The van der Waals surface area contributed by atoms with Crippen molar-refractivity contribution >= 4 is 42.5 Å². The Morgan fingerprint density at radius 1 is 1.12 bits per heavy atom. The largest absolute Gasteiger partial charge is 0.546 e.